The molecule has 0 aliphatic heterocycles. The Kier molecular flexibility index (Phi) is 13.2. The standard InChI is InChI=1S/C35H44O4/c1-4-6-8-10-11-13-27-37-32-23-25-34(26-24-32)39-35(36)31-17-15-29(16-18-31)30-19-21-33(22-20-30)38-28(3)14-12-9-7-5-2/h13,15-28H,4-12,14H2,1-3H3/b27-13+/t28-/m0/s1. The van der Waals surface area contributed by atoms with Gasteiger partial charge >= 0.3 is 5.97 Å². The van der Waals surface area contributed by atoms with Gasteiger partial charge in [0.25, 0.3) is 0 Å². The van der Waals surface area contributed by atoms with Gasteiger partial charge in [-0.15, -0.1) is 0 Å². The topological polar surface area (TPSA) is 44.8 Å². The van der Waals surface area contributed by atoms with E-state index >= 15 is 0 Å². The second kappa shape index (κ2) is 17.1. The third-order valence-corrected chi connectivity index (χ3v) is 6.67. The summed E-state index contributed by atoms with van der Waals surface area (Å²) in [5.74, 6) is 1.69. The Balaban J connectivity index is 1.45. The van der Waals surface area contributed by atoms with Crippen LogP contribution >= 0.6 is 0 Å². The zero-order valence-electron chi connectivity index (χ0n) is 23.9. The molecule has 0 heterocycles. The lowest BCUT2D eigenvalue weighted by molar-refractivity contribution is 0.0734. The number of hydrogen-bond donors (Lipinski definition) is 0. The maximum absolute atomic E-state index is 12.6. The lowest BCUT2D eigenvalue weighted by atomic mass is 10.0. The Bertz CT molecular complexity index is 1110. The Morgan fingerprint density at radius 1 is 0.692 bits per heavy atom. The number of allylic oxidation sites excluding steroid dienone is 1. The van der Waals surface area contributed by atoms with Crippen molar-refractivity contribution in [3.05, 3.63) is 90.7 Å². The second-order valence-corrected chi connectivity index (χ2v) is 10.1. The predicted octanol–water partition coefficient (Wildman–Crippen LogP) is 10.2. The molecule has 39 heavy (non-hydrogen) atoms. The first kappa shape index (κ1) is 30.0. The summed E-state index contributed by atoms with van der Waals surface area (Å²) in [7, 11) is 0. The van der Waals surface area contributed by atoms with Gasteiger partial charge < -0.3 is 14.2 Å². The van der Waals surface area contributed by atoms with E-state index in [1.807, 2.05) is 30.3 Å². The molecule has 0 amide bonds. The molecule has 0 aliphatic carbocycles. The fourth-order valence-corrected chi connectivity index (χ4v) is 4.31. The summed E-state index contributed by atoms with van der Waals surface area (Å²) in [6.07, 6.45) is 16.1. The first-order valence-electron chi connectivity index (χ1n) is 14.6. The van der Waals surface area contributed by atoms with E-state index in [1.54, 1.807) is 42.7 Å². The number of carbonyl (C=O) groups is 1. The Morgan fingerprint density at radius 3 is 1.90 bits per heavy atom. The van der Waals surface area contributed by atoms with Crippen LogP contribution in [0.3, 0.4) is 0 Å². The van der Waals surface area contributed by atoms with Crippen LogP contribution in [-0.4, -0.2) is 12.1 Å². The van der Waals surface area contributed by atoms with Crippen molar-refractivity contribution in [1.82, 2.24) is 0 Å². The van der Waals surface area contributed by atoms with E-state index in [2.05, 4.69) is 32.9 Å². The van der Waals surface area contributed by atoms with Gasteiger partial charge in [-0.2, -0.15) is 0 Å². The molecular weight excluding hydrogens is 484 g/mol. The van der Waals surface area contributed by atoms with Crippen LogP contribution in [0.2, 0.25) is 0 Å². The smallest absolute Gasteiger partial charge is 0.343 e. The summed E-state index contributed by atoms with van der Waals surface area (Å²) in [4.78, 5) is 12.6. The fraction of sp³-hybridized carbons (Fsp3) is 0.400. The minimum absolute atomic E-state index is 0.212. The maximum atomic E-state index is 12.6. The summed E-state index contributed by atoms with van der Waals surface area (Å²) in [5, 5.41) is 0. The molecule has 208 valence electrons. The largest absolute Gasteiger partial charge is 0.491 e. The number of esters is 1. The van der Waals surface area contributed by atoms with Gasteiger partial charge in [-0.3, -0.25) is 0 Å². The van der Waals surface area contributed by atoms with Gasteiger partial charge in [0.15, 0.2) is 0 Å². The van der Waals surface area contributed by atoms with Gasteiger partial charge in [-0.25, -0.2) is 4.79 Å². The highest BCUT2D eigenvalue weighted by molar-refractivity contribution is 5.91. The van der Waals surface area contributed by atoms with E-state index < -0.39 is 0 Å². The van der Waals surface area contributed by atoms with Crippen molar-refractivity contribution in [2.45, 2.75) is 91.1 Å². The van der Waals surface area contributed by atoms with Gasteiger partial charge in [0, 0.05) is 0 Å². The average Bonchev–Trinajstić information content (AvgIpc) is 2.96. The summed E-state index contributed by atoms with van der Waals surface area (Å²) >= 11 is 0. The highest BCUT2D eigenvalue weighted by Gasteiger charge is 2.10. The molecule has 1 atom stereocenters. The van der Waals surface area contributed by atoms with Crippen molar-refractivity contribution in [1.29, 1.82) is 0 Å². The van der Waals surface area contributed by atoms with E-state index in [-0.39, 0.29) is 12.1 Å². The molecule has 0 aliphatic rings. The van der Waals surface area contributed by atoms with E-state index in [0.29, 0.717) is 17.1 Å². The highest BCUT2D eigenvalue weighted by atomic mass is 16.5. The van der Waals surface area contributed by atoms with Crippen molar-refractivity contribution >= 4 is 5.97 Å². The van der Waals surface area contributed by atoms with Crippen LogP contribution < -0.4 is 14.2 Å². The molecule has 4 heteroatoms. The van der Waals surface area contributed by atoms with Crippen LogP contribution in [0.25, 0.3) is 11.1 Å². The van der Waals surface area contributed by atoms with E-state index in [0.717, 1.165) is 29.7 Å². The fourth-order valence-electron chi connectivity index (χ4n) is 4.31. The summed E-state index contributed by atoms with van der Waals surface area (Å²) in [5.41, 5.74) is 2.61. The van der Waals surface area contributed by atoms with Crippen LogP contribution in [0, 0.1) is 0 Å². The third kappa shape index (κ3) is 11.0. The summed E-state index contributed by atoms with van der Waals surface area (Å²) in [6.45, 7) is 6.57. The van der Waals surface area contributed by atoms with Crippen LogP contribution in [-0.2, 0) is 0 Å². The van der Waals surface area contributed by atoms with Crippen molar-refractivity contribution < 1.29 is 19.0 Å². The number of carbonyl (C=O) groups excluding carboxylic acids is 1. The van der Waals surface area contributed by atoms with Crippen LogP contribution in [0.1, 0.15) is 95.3 Å². The van der Waals surface area contributed by atoms with Crippen molar-refractivity contribution in [3.63, 3.8) is 0 Å². The third-order valence-electron chi connectivity index (χ3n) is 6.67. The first-order valence-corrected chi connectivity index (χ1v) is 14.6. The molecule has 0 saturated heterocycles. The Morgan fingerprint density at radius 2 is 1.26 bits per heavy atom. The van der Waals surface area contributed by atoms with Gasteiger partial charge in [0.2, 0.25) is 0 Å². The van der Waals surface area contributed by atoms with Gasteiger partial charge in [-0.1, -0.05) is 76.6 Å². The van der Waals surface area contributed by atoms with Crippen molar-refractivity contribution in [2.75, 3.05) is 0 Å². The van der Waals surface area contributed by atoms with Crippen LogP contribution in [0.4, 0.5) is 0 Å². The number of benzene rings is 3. The molecule has 0 N–H and O–H groups in total. The minimum atomic E-state index is -0.390. The summed E-state index contributed by atoms with van der Waals surface area (Å²) in [6, 6.07) is 22.7. The average molecular weight is 529 g/mol. The second-order valence-electron chi connectivity index (χ2n) is 10.1. The lowest BCUT2D eigenvalue weighted by Crippen LogP contribution is -2.11. The summed E-state index contributed by atoms with van der Waals surface area (Å²) < 4.78 is 17.2. The molecule has 0 bridgehead atoms. The number of ether oxygens (including phenoxy) is 3. The number of unbranched alkanes of at least 4 members (excludes halogenated alkanes) is 7. The molecule has 3 aromatic carbocycles. The van der Waals surface area contributed by atoms with Gasteiger partial charge in [0.05, 0.1) is 17.9 Å². The van der Waals surface area contributed by atoms with Gasteiger partial charge in [0.1, 0.15) is 17.2 Å². The van der Waals surface area contributed by atoms with E-state index in [4.69, 9.17) is 14.2 Å². The highest BCUT2D eigenvalue weighted by Crippen LogP contribution is 2.25. The van der Waals surface area contributed by atoms with Crippen LogP contribution in [0.5, 0.6) is 17.2 Å². The molecule has 0 aromatic heterocycles. The monoisotopic (exact) mass is 528 g/mol. The Labute approximate surface area is 235 Å². The molecular formula is C35H44O4. The van der Waals surface area contributed by atoms with E-state index in [9.17, 15) is 4.79 Å². The predicted molar refractivity (Wildman–Crippen MR) is 161 cm³/mol. The normalized spacial score (nSPS) is 11.9. The van der Waals surface area contributed by atoms with Gasteiger partial charge in [-0.05, 0) is 98.3 Å². The van der Waals surface area contributed by atoms with Crippen LogP contribution in [0.15, 0.2) is 85.1 Å². The zero-order chi connectivity index (χ0) is 27.7. The molecule has 0 unspecified atom stereocenters. The number of rotatable bonds is 17. The molecule has 3 rings (SSSR count). The van der Waals surface area contributed by atoms with Crippen molar-refractivity contribution in [2.24, 2.45) is 0 Å². The first-order chi connectivity index (χ1) is 19.1. The minimum Gasteiger partial charge on any atom is -0.491 e. The van der Waals surface area contributed by atoms with E-state index in [1.165, 1.54) is 51.4 Å². The number of hydrogen-bond acceptors (Lipinski definition) is 4. The molecule has 0 spiro atoms. The molecule has 0 saturated carbocycles. The van der Waals surface area contributed by atoms with Crippen molar-refractivity contribution in [3.8, 4) is 28.4 Å². The molecule has 0 radical (unpaired) electrons. The molecule has 0 fully saturated rings. The lowest BCUT2D eigenvalue weighted by Gasteiger charge is -2.15. The Hall–Kier alpha value is -3.53. The maximum Gasteiger partial charge on any atom is 0.343 e. The zero-order valence-corrected chi connectivity index (χ0v) is 23.9. The SMILES string of the molecule is CCCCCC/C=C/Oc1ccc(OC(=O)c2ccc(-c3ccc(O[C@@H](C)CCCCCC)cc3)cc2)cc1. The molecule has 4 nitrogen and oxygen atoms in total. The quantitative estimate of drug-likeness (QED) is 0.0756. The molecule has 3 aromatic rings.